The molecule has 0 saturated heterocycles. The van der Waals surface area contributed by atoms with E-state index in [-0.39, 0.29) is 13.1 Å². The topological polar surface area (TPSA) is 85.1 Å². The van der Waals surface area contributed by atoms with Crippen LogP contribution in [0.3, 0.4) is 0 Å². The van der Waals surface area contributed by atoms with Crippen molar-refractivity contribution < 1.29 is 12.8 Å². The molecule has 0 spiro atoms. The molecule has 3 N–H and O–H groups in total. The highest BCUT2D eigenvalue weighted by atomic mass is 32.2. The summed E-state index contributed by atoms with van der Waals surface area (Å²) in [5, 5.41) is 0. The average Bonchev–Trinajstić information content (AvgIpc) is 2.47. The number of halogens is 1. The van der Waals surface area contributed by atoms with E-state index in [9.17, 15) is 12.8 Å². The van der Waals surface area contributed by atoms with E-state index in [2.05, 4.69) is 9.71 Å². The minimum atomic E-state index is -3.94. The van der Waals surface area contributed by atoms with E-state index in [0.717, 1.165) is 17.2 Å². The van der Waals surface area contributed by atoms with Crippen molar-refractivity contribution in [3.63, 3.8) is 0 Å². The summed E-state index contributed by atoms with van der Waals surface area (Å²) in [6, 6.07) is 5.53. The third kappa shape index (κ3) is 3.63. The second-order valence-electron chi connectivity index (χ2n) is 4.60. The fourth-order valence-corrected chi connectivity index (χ4v) is 2.96. The molecule has 0 atom stereocenters. The molecule has 112 valence electrons. The van der Waals surface area contributed by atoms with E-state index < -0.39 is 20.7 Å². The van der Waals surface area contributed by atoms with Crippen LogP contribution < -0.4 is 10.5 Å². The van der Waals surface area contributed by atoms with Crippen LogP contribution in [0, 0.1) is 12.7 Å². The van der Waals surface area contributed by atoms with Gasteiger partial charge >= 0.3 is 0 Å². The van der Waals surface area contributed by atoms with Gasteiger partial charge in [0.15, 0.2) is 0 Å². The molecule has 1 aromatic carbocycles. The van der Waals surface area contributed by atoms with Crippen LogP contribution in [0.4, 0.5) is 4.39 Å². The Hall–Kier alpha value is -1.83. The van der Waals surface area contributed by atoms with Crippen LogP contribution in [0.25, 0.3) is 0 Å². The lowest BCUT2D eigenvalue weighted by Crippen LogP contribution is -2.25. The zero-order valence-electron chi connectivity index (χ0n) is 11.5. The summed E-state index contributed by atoms with van der Waals surface area (Å²) in [7, 11) is -3.94. The first-order valence-corrected chi connectivity index (χ1v) is 7.80. The zero-order chi connectivity index (χ0) is 15.5. The van der Waals surface area contributed by atoms with Crippen LogP contribution in [0.5, 0.6) is 0 Å². The Morgan fingerprint density at radius 1 is 1.33 bits per heavy atom. The molecule has 1 aromatic heterocycles. The molecule has 2 rings (SSSR count). The molecule has 21 heavy (non-hydrogen) atoms. The largest absolute Gasteiger partial charge is 0.326 e. The minimum absolute atomic E-state index is 0.0724. The number of hydrogen-bond acceptors (Lipinski definition) is 4. The molecule has 0 radical (unpaired) electrons. The summed E-state index contributed by atoms with van der Waals surface area (Å²) >= 11 is 0. The van der Waals surface area contributed by atoms with Crippen molar-refractivity contribution in [2.45, 2.75) is 24.9 Å². The molecule has 0 bridgehead atoms. The van der Waals surface area contributed by atoms with Gasteiger partial charge in [0.2, 0.25) is 10.0 Å². The normalized spacial score (nSPS) is 11.6. The third-order valence-corrected chi connectivity index (χ3v) is 4.53. The van der Waals surface area contributed by atoms with E-state index >= 15 is 0 Å². The molecule has 0 saturated carbocycles. The van der Waals surface area contributed by atoms with Gasteiger partial charge in [-0.15, -0.1) is 0 Å². The van der Waals surface area contributed by atoms with Crippen molar-refractivity contribution >= 4 is 10.0 Å². The molecular weight excluding hydrogens is 293 g/mol. The molecule has 2 aromatic rings. The van der Waals surface area contributed by atoms with Gasteiger partial charge in [0.1, 0.15) is 10.7 Å². The molecule has 0 aliphatic carbocycles. The second-order valence-corrected chi connectivity index (χ2v) is 6.33. The average molecular weight is 309 g/mol. The van der Waals surface area contributed by atoms with Crippen LogP contribution in [-0.2, 0) is 23.1 Å². The van der Waals surface area contributed by atoms with Crippen LogP contribution in [0.15, 0.2) is 41.6 Å². The highest BCUT2D eigenvalue weighted by molar-refractivity contribution is 7.89. The molecule has 0 unspecified atom stereocenters. The first-order chi connectivity index (χ1) is 9.94. The molecule has 0 aliphatic rings. The number of pyridine rings is 1. The van der Waals surface area contributed by atoms with Crippen molar-refractivity contribution in [1.29, 1.82) is 0 Å². The summed E-state index contributed by atoms with van der Waals surface area (Å²) in [6.45, 7) is 2.04. The maximum absolute atomic E-state index is 13.7. The smallest absolute Gasteiger partial charge is 0.243 e. The van der Waals surface area contributed by atoms with Gasteiger partial charge in [-0.05, 0) is 41.8 Å². The molecule has 0 aliphatic heterocycles. The monoisotopic (exact) mass is 309 g/mol. The van der Waals surface area contributed by atoms with Gasteiger partial charge in [-0.25, -0.2) is 17.5 Å². The summed E-state index contributed by atoms with van der Waals surface area (Å²) in [6.07, 6.45) is 3.21. The van der Waals surface area contributed by atoms with E-state index in [4.69, 9.17) is 5.73 Å². The quantitative estimate of drug-likeness (QED) is 0.876. The van der Waals surface area contributed by atoms with Gasteiger partial charge < -0.3 is 5.73 Å². The number of hydrogen-bond donors (Lipinski definition) is 2. The fraction of sp³-hybridized carbons (Fsp3) is 0.214. The first kappa shape index (κ1) is 15.6. The Morgan fingerprint density at radius 3 is 2.76 bits per heavy atom. The number of nitrogens with zero attached hydrogens (tertiary/aromatic N) is 1. The number of rotatable bonds is 5. The predicted octanol–water partition coefficient (Wildman–Crippen LogP) is 1.47. The fourth-order valence-electron chi connectivity index (χ4n) is 1.83. The number of aryl methyl sites for hydroxylation is 1. The second kappa shape index (κ2) is 6.30. The Labute approximate surface area is 123 Å². The minimum Gasteiger partial charge on any atom is -0.326 e. The van der Waals surface area contributed by atoms with Crippen LogP contribution in [0.2, 0.25) is 0 Å². The van der Waals surface area contributed by atoms with Crippen LogP contribution in [0.1, 0.15) is 16.7 Å². The van der Waals surface area contributed by atoms with Gasteiger partial charge in [-0.1, -0.05) is 6.07 Å². The summed E-state index contributed by atoms with van der Waals surface area (Å²) < 4.78 is 40.5. The molecule has 7 heteroatoms. The Bertz CT molecular complexity index is 748. The lowest BCUT2D eigenvalue weighted by Gasteiger charge is -2.10. The number of nitrogens with one attached hydrogen (secondary N) is 1. The van der Waals surface area contributed by atoms with Crippen molar-refractivity contribution in [3.05, 3.63) is 59.2 Å². The SMILES string of the molecule is Cc1cnccc1CNS(=O)(=O)c1cc(CN)ccc1F. The predicted molar refractivity (Wildman–Crippen MR) is 77.3 cm³/mol. The van der Waals surface area contributed by atoms with Gasteiger partial charge in [-0.3, -0.25) is 4.98 Å². The van der Waals surface area contributed by atoms with Gasteiger partial charge in [0, 0.05) is 25.5 Å². The zero-order valence-corrected chi connectivity index (χ0v) is 12.3. The van der Waals surface area contributed by atoms with Crippen LogP contribution >= 0.6 is 0 Å². The highest BCUT2D eigenvalue weighted by Gasteiger charge is 2.19. The van der Waals surface area contributed by atoms with Crippen molar-refractivity contribution in [2.75, 3.05) is 0 Å². The standard InChI is InChI=1S/C14H16FN3O2S/c1-10-8-17-5-4-12(10)9-18-21(19,20)14-6-11(7-16)2-3-13(14)15/h2-6,8,18H,7,9,16H2,1H3. The highest BCUT2D eigenvalue weighted by Crippen LogP contribution is 2.17. The third-order valence-electron chi connectivity index (χ3n) is 3.11. The van der Waals surface area contributed by atoms with Crippen LogP contribution in [-0.4, -0.2) is 13.4 Å². The van der Waals surface area contributed by atoms with Gasteiger partial charge in [0.25, 0.3) is 0 Å². The van der Waals surface area contributed by atoms with Crippen molar-refractivity contribution in [1.82, 2.24) is 9.71 Å². The molecule has 5 nitrogen and oxygen atoms in total. The lowest BCUT2D eigenvalue weighted by atomic mass is 10.2. The van der Waals surface area contributed by atoms with Crippen molar-refractivity contribution in [3.8, 4) is 0 Å². The number of nitrogens with two attached hydrogens (primary N) is 1. The number of aromatic nitrogens is 1. The Kier molecular flexibility index (Phi) is 4.66. The lowest BCUT2D eigenvalue weighted by molar-refractivity contribution is 0.556. The van der Waals surface area contributed by atoms with E-state index in [1.807, 2.05) is 6.92 Å². The molecule has 1 heterocycles. The summed E-state index contributed by atoms with van der Waals surface area (Å²) in [5.41, 5.74) is 7.64. The molecular formula is C14H16FN3O2S. The molecule has 0 fully saturated rings. The van der Waals surface area contributed by atoms with E-state index in [1.54, 1.807) is 18.5 Å². The van der Waals surface area contributed by atoms with Gasteiger partial charge in [0.05, 0.1) is 0 Å². The number of benzene rings is 1. The van der Waals surface area contributed by atoms with E-state index in [1.165, 1.54) is 12.1 Å². The summed E-state index contributed by atoms with van der Waals surface area (Å²) in [4.78, 5) is 3.54. The maximum Gasteiger partial charge on any atom is 0.243 e. The number of sulfonamides is 1. The summed E-state index contributed by atoms with van der Waals surface area (Å²) in [5.74, 6) is -0.800. The molecule has 0 amide bonds. The maximum atomic E-state index is 13.7. The van der Waals surface area contributed by atoms with E-state index in [0.29, 0.717) is 5.56 Å². The van der Waals surface area contributed by atoms with Gasteiger partial charge in [-0.2, -0.15) is 0 Å². The van der Waals surface area contributed by atoms with Crippen molar-refractivity contribution in [2.24, 2.45) is 5.73 Å². The Balaban J connectivity index is 2.25. The Morgan fingerprint density at radius 2 is 2.10 bits per heavy atom. The first-order valence-electron chi connectivity index (χ1n) is 6.31.